The molecule has 3 nitrogen and oxygen atoms in total. The number of nitrogens with zero attached hydrogens (tertiary/aromatic N) is 2. The van der Waals surface area contributed by atoms with E-state index in [2.05, 4.69) is 25.8 Å². The van der Waals surface area contributed by atoms with Gasteiger partial charge in [0.15, 0.2) is 0 Å². The first kappa shape index (κ1) is 10.1. The summed E-state index contributed by atoms with van der Waals surface area (Å²) >= 11 is 3.34. The lowest BCUT2D eigenvalue weighted by Gasteiger charge is -2.14. The molecule has 1 saturated heterocycles. The molecule has 1 aliphatic rings. The fourth-order valence-electron chi connectivity index (χ4n) is 1.75. The summed E-state index contributed by atoms with van der Waals surface area (Å²) in [6.45, 7) is 2.68. The Morgan fingerprint density at radius 1 is 1.64 bits per heavy atom. The number of β-amino-alcohol motifs (C(OH)–C–C–N with tert-alkyl or cyclic N) is 1. The lowest BCUT2D eigenvalue weighted by atomic mass is 10.2. The fourth-order valence-corrected chi connectivity index (χ4v) is 2.17. The fraction of sp³-hybridized carbons (Fsp3) is 0.500. The van der Waals surface area contributed by atoms with E-state index >= 15 is 0 Å². The van der Waals surface area contributed by atoms with Gasteiger partial charge in [-0.2, -0.15) is 0 Å². The Bertz CT molecular complexity index is 319. The monoisotopic (exact) mass is 256 g/mol. The number of aliphatic hydroxyl groups excluding tert-OH is 1. The van der Waals surface area contributed by atoms with Crippen molar-refractivity contribution in [3.05, 3.63) is 28.5 Å². The van der Waals surface area contributed by atoms with Gasteiger partial charge in [0.1, 0.15) is 4.60 Å². The topological polar surface area (TPSA) is 36.4 Å². The summed E-state index contributed by atoms with van der Waals surface area (Å²) in [6.07, 6.45) is 2.55. The lowest BCUT2D eigenvalue weighted by Crippen LogP contribution is -2.21. The van der Waals surface area contributed by atoms with E-state index in [1.807, 2.05) is 12.1 Å². The van der Waals surface area contributed by atoms with Crippen molar-refractivity contribution in [3.63, 3.8) is 0 Å². The van der Waals surface area contributed by atoms with Gasteiger partial charge in [-0.1, -0.05) is 0 Å². The van der Waals surface area contributed by atoms with Crippen LogP contribution in [0.25, 0.3) is 0 Å². The number of hydrogen-bond acceptors (Lipinski definition) is 3. The van der Waals surface area contributed by atoms with Crippen LogP contribution in [0, 0.1) is 0 Å². The number of rotatable bonds is 2. The first-order valence-electron chi connectivity index (χ1n) is 4.75. The molecule has 0 amide bonds. The van der Waals surface area contributed by atoms with Gasteiger partial charge in [0.2, 0.25) is 0 Å². The number of pyridine rings is 1. The van der Waals surface area contributed by atoms with Gasteiger partial charge in [0, 0.05) is 25.8 Å². The maximum absolute atomic E-state index is 9.37. The number of aliphatic hydroxyl groups is 1. The van der Waals surface area contributed by atoms with Crippen LogP contribution >= 0.6 is 15.9 Å². The van der Waals surface area contributed by atoms with Gasteiger partial charge in [0.25, 0.3) is 0 Å². The van der Waals surface area contributed by atoms with Crippen LogP contribution < -0.4 is 0 Å². The molecule has 0 saturated carbocycles. The molecular formula is C10H13BrN2O. The number of halogens is 1. The molecular weight excluding hydrogens is 244 g/mol. The van der Waals surface area contributed by atoms with Crippen LogP contribution in [0.15, 0.2) is 22.9 Å². The first-order chi connectivity index (χ1) is 6.74. The van der Waals surface area contributed by atoms with E-state index in [9.17, 15) is 5.11 Å². The molecule has 1 aliphatic heterocycles. The van der Waals surface area contributed by atoms with Gasteiger partial charge < -0.3 is 5.11 Å². The smallest absolute Gasteiger partial charge is 0.106 e. The van der Waals surface area contributed by atoms with Gasteiger partial charge in [-0.05, 0) is 40.0 Å². The number of aromatic nitrogens is 1. The van der Waals surface area contributed by atoms with Crippen LogP contribution in [0.4, 0.5) is 0 Å². The van der Waals surface area contributed by atoms with Crippen LogP contribution in [-0.2, 0) is 6.54 Å². The van der Waals surface area contributed by atoms with Crippen molar-refractivity contribution < 1.29 is 5.11 Å². The molecule has 76 valence electrons. The van der Waals surface area contributed by atoms with E-state index in [0.29, 0.717) is 0 Å². The Hall–Kier alpha value is -0.450. The average Bonchev–Trinajstić information content (AvgIpc) is 2.51. The molecule has 4 heteroatoms. The largest absolute Gasteiger partial charge is 0.392 e. The van der Waals surface area contributed by atoms with Crippen molar-refractivity contribution in [2.45, 2.75) is 19.1 Å². The zero-order chi connectivity index (χ0) is 9.97. The molecule has 1 N–H and O–H groups in total. The molecule has 0 spiro atoms. The minimum absolute atomic E-state index is 0.139. The molecule has 14 heavy (non-hydrogen) atoms. The second kappa shape index (κ2) is 4.38. The summed E-state index contributed by atoms with van der Waals surface area (Å²) in [6, 6.07) is 4.03. The van der Waals surface area contributed by atoms with Crippen molar-refractivity contribution in [2.75, 3.05) is 13.1 Å². The SMILES string of the molecule is O[C@@H]1CCN(Cc2ccnc(Br)c2)C1. The standard InChI is InChI=1S/C10H13BrN2O/c11-10-5-8(1-3-12-10)6-13-4-2-9(14)7-13/h1,3,5,9,14H,2,4,6-7H2/t9-/m1/s1. The van der Waals surface area contributed by atoms with E-state index in [4.69, 9.17) is 0 Å². The highest BCUT2D eigenvalue weighted by Crippen LogP contribution is 2.15. The number of likely N-dealkylation sites (tertiary alicyclic amines) is 1. The van der Waals surface area contributed by atoms with Crippen molar-refractivity contribution in [1.29, 1.82) is 0 Å². The Morgan fingerprint density at radius 2 is 2.50 bits per heavy atom. The first-order valence-corrected chi connectivity index (χ1v) is 5.54. The third-order valence-corrected chi connectivity index (χ3v) is 2.88. The zero-order valence-corrected chi connectivity index (χ0v) is 9.44. The number of hydrogen-bond donors (Lipinski definition) is 1. The molecule has 0 radical (unpaired) electrons. The molecule has 1 atom stereocenters. The molecule has 0 aliphatic carbocycles. The summed E-state index contributed by atoms with van der Waals surface area (Å²) in [4.78, 5) is 6.33. The predicted molar refractivity (Wildman–Crippen MR) is 57.8 cm³/mol. The molecule has 1 aromatic heterocycles. The van der Waals surface area contributed by atoms with Crippen molar-refractivity contribution in [2.24, 2.45) is 0 Å². The Labute approximate surface area is 91.9 Å². The molecule has 1 fully saturated rings. The van der Waals surface area contributed by atoms with Crippen LogP contribution in [0.1, 0.15) is 12.0 Å². The van der Waals surface area contributed by atoms with Crippen LogP contribution in [-0.4, -0.2) is 34.2 Å². The second-order valence-electron chi connectivity index (χ2n) is 3.66. The summed E-state index contributed by atoms with van der Waals surface area (Å²) in [5.74, 6) is 0. The normalized spacial score (nSPS) is 22.9. The van der Waals surface area contributed by atoms with Crippen molar-refractivity contribution >= 4 is 15.9 Å². The lowest BCUT2D eigenvalue weighted by molar-refractivity contribution is 0.175. The predicted octanol–water partition coefficient (Wildman–Crippen LogP) is 1.41. The highest BCUT2D eigenvalue weighted by atomic mass is 79.9. The maximum Gasteiger partial charge on any atom is 0.106 e. The highest BCUT2D eigenvalue weighted by molar-refractivity contribution is 9.10. The van der Waals surface area contributed by atoms with Crippen LogP contribution in [0.3, 0.4) is 0 Å². The molecule has 0 unspecified atom stereocenters. The summed E-state index contributed by atoms with van der Waals surface area (Å²) < 4.78 is 0.870. The molecule has 2 rings (SSSR count). The third kappa shape index (κ3) is 2.53. The maximum atomic E-state index is 9.37. The Kier molecular flexibility index (Phi) is 3.15. The minimum Gasteiger partial charge on any atom is -0.392 e. The van der Waals surface area contributed by atoms with Crippen molar-refractivity contribution in [3.8, 4) is 0 Å². The van der Waals surface area contributed by atoms with Gasteiger partial charge in [-0.15, -0.1) is 0 Å². The average molecular weight is 257 g/mol. The summed E-state index contributed by atoms with van der Waals surface area (Å²) in [5.41, 5.74) is 1.24. The van der Waals surface area contributed by atoms with Crippen LogP contribution in [0.2, 0.25) is 0 Å². The Morgan fingerprint density at radius 3 is 3.14 bits per heavy atom. The van der Waals surface area contributed by atoms with Gasteiger partial charge in [0.05, 0.1) is 6.10 Å². The molecule has 0 bridgehead atoms. The van der Waals surface area contributed by atoms with Crippen molar-refractivity contribution in [1.82, 2.24) is 9.88 Å². The molecule has 0 aromatic carbocycles. The van der Waals surface area contributed by atoms with Crippen LogP contribution in [0.5, 0.6) is 0 Å². The summed E-state index contributed by atoms with van der Waals surface area (Å²) in [5, 5.41) is 9.37. The van der Waals surface area contributed by atoms with E-state index in [1.165, 1.54) is 5.56 Å². The van der Waals surface area contributed by atoms with Gasteiger partial charge >= 0.3 is 0 Å². The molecule has 1 aromatic rings. The van der Waals surface area contributed by atoms with E-state index in [1.54, 1.807) is 6.20 Å². The second-order valence-corrected chi connectivity index (χ2v) is 4.48. The van der Waals surface area contributed by atoms with E-state index in [-0.39, 0.29) is 6.10 Å². The minimum atomic E-state index is -0.139. The van der Waals surface area contributed by atoms with E-state index in [0.717, 1.165) is 30.7 Å². The molecule has 2 heterocycles. The van der Waals surface area contributed by atoms with Gasteiger partial charge in [-0.25, -0.2) is 4.98 Å². The third-order valence-electron chi connectivity index (χ3n) is 2.44. The zero-order valence-electron chi connectivity index (χ0n) is 7.86. The quantitative estimate of drug-likeness (QED) is 0.814. The summed E-state index contributed by atoms with van der Waals surface area (Å²) in [7, 11) is 0. The van der Waals surface area contributed by atoms with E-state index < -0.39 is 0 Å². The van der Waals surface area contributed by atoms with Gasteiger partial charge in [-0.3, -0.25) is 4.90 Å². The Balaban J connectivity index is 1.97. The highest BCUT2D eigenvalue weighted by Gasteiger charge is 2.19.